The van der Waals surface area contributed by atoms with Crippen LogP contribution in [0.3, 0.4) is 0 Å². The molecule has 0 bridgehead atoms. The zero-order chi connectivity index (χ0) is 26.9. The fraction of sp³-hybridized carbons (Fsp3) is 0.318. The van der Waals surface area contributed by atoms with Crippen LogP contribution < -0.4 is 10.6 Å². The van der Waals surface area contributed by atoms with E-state index >= 15 is 0 Å². The van der Waals surface area contributed by atoms with Crippen molar-refractivity contribution in [1.29, 1.82) is 0 Å². The molecule has 1 unspecified atom stereocenters. The SMILES string of the molecule is Cc1c(C(=O)NCC(=O)NCC(F)(F)F)cccc1C1=NOC(c2cc(Cl)cc(Cl)c2)(C(F)(F)F)C1. The second-order valence-corrected chi connectivity index (χ2v) is 8.71. The first-order valence-electron chi connectivity index (χ1n) is 10.1. The van der Waals surface area contributed by atoms with Gasteiger partial charge in [-0.05, 0) is 36.8 Å². The van der Waals surface area contributed by atoms with Crippen LogP contribution in [0.1, 0.15) is 33.5 Å². The number of alkyl halides is 6. The van der Waals surface area contributed by atoms with E-state index in [4.69, 9.17) is 28.0 Å². The summed E-state index contributed by atoms with van der Waals surface area (Å²) < 4.78 is 79.2. The highest BCUT2D eigenvalue weighted by Gasteiger charge is 2.62. The van der Waals surface area contributed by atoms with Gasteiger partial charge in [0.15, 0.2) is 0 Å². The lowest BCUT2D eigenvalue weighted by molar-refractivity contribution is -0.275. The van der Waals surface area contributed by atoms with Gasteiger partial charge < -0.3 is 15.5 Å². The molecule has 0 fully saturated rings. The number of oxime groups is 1. The van der Waals surface area contributed by atoms with Crippen molar-refractivity contribution in [1.82, 2.24) is 10.6 Å². The number of halogens is 8. The summed E-state index contributed by atoms with van der Waals surface area (Å²) in [6, 6.07) is 7.56. The first kappa shape index (κ1) is 27.6. The van der Waals surface area contributed by atoms with Crippen LogP contribution in [0.2, 0.25) is 10.0 Å². The van der Waals surface area contributed by atoms with Gasteiger partial charge in [0.25, 0.3) is 11.5 Å². The Hall–Kier alpha value is -2.99. The maximum Gasteiger partial charge on any atom is 0.435 e. The molecular weight excluding hydrogens is 539 g/mol. The largest absolute Gasteiger partial charge is 0.435 e. The van der Waals surface area contributed by atoms with Crippen LogP contribution in [-0.2, 0) is 15.2 Å². The highest BCUT2D eigenvalue weighted by molar-refractivity contribution is 6.34. The molecule has 2 amide bonds. The molecule has 0 aliphatic carbocycles. The number of benzene rings is 2. The van der Waals surface area contributed by atoms with Gasteiger partial charge in [0.1, 0.15) is 6.54 Å². The molecule has 0 radical (unpaired) electrons. The molecule has 0 aromatic heterocycles. The zero-order valence-electron chi connectivity index (χ0n) is 18.3. The Labute approximate surface area is 210 Å². The van der Waals surface area contributed by atoms with Gasteiger partial charge >= 0.3 is 12.4 Å². The fourth-order valence-corrected chi connectivity index (χ4v) is 4.07. The van der Waals surface area contributed by atoms with Gasteiger partial charge in [-0.1, -0.05) is 40.5 Å². The third kappa shape index (κ3) is 6.04. The Kier molecular flexibility index (Phi) is 7.80. The number of hydrogen-bond acceptors (Lipinski definition) is 4. The van der Waals surface area contributed by atoms with Crippen molar-refractivity contribution in [3.63, 3.8) is 0 Å². The van der Waals surface area contributed by atoms with E-state index in [1.165, 1.54) is 31.2 Å². The van der Waals surface area contributed by atoms with Crippen molar-refractivity contribution < 1.29 is 40.8 Å². The van der Waals surface area contributed by atoms with E-state index in [1.54, 1.807) is 5.32 Å². The van der Waals surface area contributed by atoms with Gasteiger partial charge in [-0.3, -0.25) is 9.59 Å². The van der Waals surface area contributed by atoms with E-state index < -0.39 is 49.3 Å². The van der Waals surface area contributed by atoms with E-state index in [0.717, 1.165) is 12.1 Å². The lowest BCUT2D eigenvalue weighted by atomic mass is 9.85. The third-order valence-electron chi connectivity index (χ3n) is 5.30. The third-order valence-corrected chi connectivity index (χ3v) is 5.74. The van der Waals surface area contributed by atoms with Crippen LogP contribution in [0, 0.1) is 6.92 Å². The van der Waals surface area contributed by atoms with Gasteiger partial charge in [0.05, 0.1) is 12.3 Å². The summed E-state index contributed by atoms with van der Waals surface area (Å²) in [4.78, 5) is 29.0. The molecule has 1 aliphatic heterocycles. The van der Waals surface area contributed by atoms with Gasteiger partial charge in [-0.2, -0.15) is 26.3 Å². The van der Waals surface area contributed by atoms with Crippen molar-refractivity contribution in [2.75, 3.05) is 13.1 Å². The molecule has 36 heavy (non-hydrogen) atoms. The summed E-state index contributed by atoms with van der Waals surface area (Å²) in [6.45, 7) is -0.857. The number of nitrogens with zero attached hydrogens (tertiary/aromatic N) is 1. The molecule has 14 heteroatoms. The Bertz CT molecular complexity index is 1200. The van der Waals surface area contributed by atoms with Crippen LogP contribution in [-0.4, -0.2) is 43.0 Å². The topological polar surface area (TPSA) is 79.8 Å². The van der Waals surface area contributed by atoms with Crippen molar-refractivity contribution in [2.45, 2.75) is 31.3 Å². The Balaban J connectivity index is 1.82. The van der Waals surface area contributed by atoms with Crippen molar-refractivity contribution in [2.24, 2.45) is 5.16 Å². The zero-order valence-corrected chi connectivity index (χ0v) is 19.8. The highest BCUT2D eigenvalue weighted by Crippen LogP contribution is 2.50. The molecule has 3 rings (SSSR count). The monoisotopic (exact) mass is 555 g/mol. The minimum Gasteiger partial charge on any atom is -0.374 e. The first-order valence-corrected chi connectivity index (χ1v) is 10.9. The maximum absolute atomic E-state index is 14.2. The van der Waals surface area contributed by atoms with E-state index in [0.29, 0.717) is 0 Å². The minimum absolute atomic E-state index is 0.0193. The Morgan fingerprint density at radius 1 is 1.06 bits per heavy atom. The number of carbonyl (C=O) groups excluding carboxylic acids is 2. The number of hydrogen-bond donors (Lipinski definition) is 2. The summed E-state index contributed by atoms with van der Waals surface area (Å²) in [5, 5.41) is 7.36. The average Bonchev–Trinajstić information content (AvgIpc) is 3.22. The van der Waals surface area contributed by atoms with Crippen LogP contribution in [0.5, 0.6) is 0 Å². The quantitative estimate of drug-likeness (QED) is 0.475. The molecule has 1 atom stereocenters. The molecule has 6 nitrogen and oxygen atoms in total. The fourth-order valence-electron chi connectivity index (χ4n) is 3.55. The normalized spacial score (nSPS) is 17.9. The average molecular weight is 556 g/mol. The van der Waals surface area contributed by atoms with Gasteiger partial charge in [-0.25, -0.2) is 0 Å². The standard InChI is InChI=1S/C22H17Cl2F6N3O3/c1-11-15(3-2-4-16(11)19(35)31-9-18(34)32-10-21(25,26)27)17-8-20(36-33-17,22(28,29)30)12-5-13(23)7-14(24)6-12/h2-7H,8-10H2,1H3,(H,31,35)(H,32,34). The van der Waals surface area contributed by atoms with Gasteiger partial charge in [0, 0.05) is 33.2 Å². The number of amides is 2. The maximum atomic E-state index is 14.2. The molecule has 2 aromatic carbocycles. The summed E-state index contributed by atoms with van der Waals surface area (Å²) in [5.41, 5.74) is -2.98. The smallest absolute Gasteiger partial charge is 0.374 e. The lowest BCUT2D eigenvalue weighted by Crippen LogP contribution is -2.42. The number of rotatable bonds is 6. The van der Waals surface area contributed by atoms with Crippen LogP contribution in [0.4, 0.5) is 26.3 Å². The van der Waals surface area contributed by atoms with E-state index in [1.807, 2.05) is 0 Å². The molecule has 194 valence electrons. The molecule has 2 aromatic rings. The lowest BCUT2D eigenvalue weighted by Gasteiger charge is -2.29. The molecule has 1 aliphatic rings. The minimum atomic E-state index is -4.92. The van der Waals surface area contributed by atoms with E-state index in [-0.39, 0.29) is 38.0 Å². The van der Waals surface area contributed by atoms with Gasteiger partial charge in [0.2, 0.25) is 5.91 Å². The van der Waals surface area contributed by atoms with Crippen molar-refractivity contribution >= 4 is 40.7 Å². The first-order chi connectivity index (χ1) is 16.6. The van der Waals surface area contributed by atoms with Gasteiger partial charge in [-0.15, -0.1) is 0 Å². The number of nitrogens with one attached hydrogen (secondary N) is 2. The predicted molar refractivity (Wildman–Crippen MR) is 119 cm³/mol. The van der Waals surface area contributed by atoms with Crippen molar-refractivity contribution in [3.8, 4) is 0 Å². The second-order valence-electron chi connectivity index (χ2n) is 7.84. The summed E-state index contributed by atoms with van der Waals surface area (Å²) in [5.74, 6) is -1.89. The molecular formula is C22H17Cl2F6N3O3. The molecule has 2 N–H and O–H groups in total. The summed E-state index contributed by atoms with van der Waals surface area (Å²) in [6.07, 6.45) is -10.3. The van der Waals surface area contributed by atoms with Crippen LogP contribution in [0.15, 0.2) is 41.6 Å². The molecule has 1 heterocycles. The predicted octanol–water partition coefficient (Wildman–Crippen LogP) is 5.29. The van der Waals surface area contributed by atoms with E-state index in [9.17, 15) is 35.9 Å². The number of carbonyl (C=O) groups is 2. The summed E-state index contributed by atoms with van der Waals surface area (Å²) in [7, 11) is 0. The van der Waals surface area contributed by atoms with Crippen molar-refractivity contribution in [3.05, 3.63) is 68.7 Å². The van der Waals surface area contributed by atoms with E-state index in [2.05, 4.69) is 10.5 Å². The Morgan fingerprint density at radius 2 is 1.69 bits per heavy atom. The molecule has 0 saturated heterocycles. The molecule has 0 spiro atoms. The van der Waals surface area contributed by atoms with Crippen LogP contribution in [0.25, 0.3) is 0 Å². The molecule has 0 saturated carbocycles. The Morgan fingerprint density at radius 3 is 2.28 bits per heavy atom. The summed E-state index contributed by atoms with van der Waals surface area (Å²) >= 11 is 11.8. The van der Waals surface area contributed by atoms with Crippen LogP contribution >= 0.6 is 23.2 Å². The second kappa shape index (κ2) is 10.2. The highest BCUT2D eigenvalue weighted by atomic mass is 35.5.